The highest BCUT2D eigenvalue weighted by molar-refractivity contribution is 5.67. The van der Waals surface area contributed by atoms with Crippen LogP contribution in [0.25, 0.3) is 5.65 Å². The predicted molar refractivity (Wildman–Crippen MR) is 131 cm³/mol. The van der Waals surface area contributed by atoms with E-state index in [0.29, 0.717) is 36.3 Å². The normalized spacial score (nSPS) is 24.2. The van der Waals surface area contributed by atoms with E-state index in [2.05, 4.69) is 30.7 Å². The molecule has 0 bridgehead atoms. The summed E-state index contributed by atoms with van der Waals surface area (Å²) in [5.41, 5.74) is 2.38. The lowest BCUT2D eigenvalue weighted by Crippen LogP contribution is -2.49. The van der Waals surface area contributed by atoms with Gasteiger partial charge in [0, 0.05) is 62.4 Å². The summed E-state index contributed by atoms with van der Waals surface area (Å²) in [6.45, 7) is 6.17. The highest BCUT2D eigenvalue weighted by Gasteiger charge is 2.41. The average molecular weight is 501 g/mol. The van der Waals surface area contributed by atoms with Crippen LogP contribution >= 0.6 is 0 Å². The second-order valence-corrected chi connectivity index (χ2v) is 9.80. The van der Waals surface area contributed by atoms with Crippen LogP contribution in [0.1, 0.15) is 50.4 Å². The fraction of sp³-hybridized carbons (Fsp3) is 0.583. The second-order valence-electron chi connectivity index (χ2n) is 9.80. The first-order valence-corrected chi connectivity index (χ1v) is 12.4. The summed E-state index contributed by atoms with van der Waals surface area (Å²) in [5, 5.41) is 13.1. The number of aromatic nitrogens is 5. The molecule has 2 aliphatic rings. The molecule has 1 amide bonds. The van der Waals surface area contributed by atoms with Crippen molar-refractivity contribution >= 4 is 23.5 Å². The van der Waals surface area contributed by atoms with E-state index >= 15 is 4.39 Å². The van der Waals surface area contributed by atoms with Gasteiger partial charge in [-0.2, -0.15) is 5.10 Å². The lowest BCUT2D eigenvalue weighted by molar-refractivity contribution is 0.0171. The molecule has 0 aromatic carbocycles. The number of carbonyl (C=O) groups excluding carboxylic acids is 1. The second kappa shape index (κ2) is 10.4. The van der Waals surface area contributed by atoms with Crippen LogP contribution in [0.2, 0.25) is 0 Å². The number of rotatable bonds is 9. The van der Waals surface area contributed by atoms with Gasteiger partial charge in [0.15, 0.2) is 5.82 Å². The number of alkyl halides is 1. The molecule has 1 unspecified atom stereocenters. The number of ether oxygens (including phenoxy) is 2. The number of imidazole rings is 1. The van der Waals surface area contributed by atoms with Crippen molar-refractivity contribution in [1.82, 2.24) is 34.8 Å². The lowest BCUT2D eigenvalue weighted by Gasteiger charge is -2.40. The Bertz CT molecular complexity index is 1200. The van der Waals surface area contributed by atoms with Gasteiger partial charge in [-0.3, -0.25) is 14.4 Å². The third kappa shape index (κ3) is 5.14. The van der Waals surface area contributed by atoms with Gasteiger partial charge in [0.1, 0.15) is 17.9 Å². The average Bonchev–Trinajstić information content (AvgIpc) is 3.54. The third-order valence-corrected chi connectivity index (χ3v) is 6.83. The number of carbonyl (C=O) groups is 1. The van der Waals surface area contributed by atoms with Gasteiger partial charge in [-0.25, -0.2) is 19.2 Å². The van der Waals surface area contributed by atoms with Crippen molar-refractivity contribution in [3.63, 3.8) is 0 Å². The number of anilines is 2. The van der Waals surface area contributed by atoms with Crippen LogP contribution in [0.15, 0.2) is 24.5 Å². The van der Waals surface area contributed by atoms with Gasteiger partial charge >= 0.3 is 6.09 Å². The Labute approximate surface area is 208 Å². The van der Waals surface area contributed by atoms with Crippen LogP contribution in [0, 0.1) is 0 Å². The fourth-order valence-electron chi connectivity index (χ4n) is 4.91. The Hall–Kier alpha value is -3.25. The molecular weight excluding hydrogens is 467 g/mol. The number of likely N-dealkylation sites (tertiary alicyclic amines) is 1. The van der Waals surface area contributed by atoms with Crippen molar-refractivity contribution in [2.45, 2.75) is 69.9 Å². The SMILES string of the molecule is COCC1CCN1Cc1cn2c(Nc3cc([C@H]4CC[C@@H](OC(=O)NC(C)C)[C@H]4F)[nH]n3)nccc2n1. The number of alkyl carbamates (subject to hydrolysis) is 1. The molecule has 0 spiro atoms. The first-order chi connectivity index (χ1) is 17.4. The number of fused-ring (bicyclic) bond motifs is 1. The number of aromatic amines is 1. The highest BCUT2D eigenvalue weighted by Crippen LogP contribution is 2.38. The Morgan fingerprint density at radius 3 is 2.94 bits per heavy atom. The van der Waals surface area contributed by atoms with Crippen molar-refractivity contribution in [3.05, 3.63) is 35.9 Å². The molecule has 1 aliphatic carbocycles. The smallest absolute Gasteiger partial charge is 0.407 e. The molecule has 36 heavy (non-hydrogen) atoms. The molecule has 1 saturated carbocycles. The van der Waals surface area contributed by atoms with Crippen LogP contribution < -0.4 is 10.6 Å². The largest absolute Gasteiger partial charge is 0.443 e. The van der Waals surface area contributed by atoms with Gasteiger partial charge in [-0.05, 0) is 39.2 Å². The molecule has 0 radical (unpaired) electrons. The lowest BCUT2D eigenvalue weighted by atomic mass is 10.0. The van der Waals surface area contributed by atoms with E-state index in [1.54, 1.807) is 19.4 Å². The number of nitrogens with one attached hydrogen (secondary N) is 3. The monoisotopic (exact) mass is 500 g/mol. The van der Waals surface area contributed by atoms with E-state index in [0.717, 1.165) is 37.5 Å². The van der Waals surface area contributed by atoms with Crippen LogP contribution in [-0.4, -0.2) is 80.2 Å². The van der Waals surface area contributed by atoms with Crippen LogP contribution in [-0.2, 0) is 16.0 Å². The maximum absolute atomic E-state index is 15.1. The third-order valence-electron chi connectivity index (χ3n) is 6.83. The molecule has 1 aliphatic heterocycles. The van der Waals surface area contributed by atoms with Crippen molar-refractivity contribution in [1.29, 1.82) is 0 Å². The van der Waals surface area contributed by atoms with E-state index < -0.39 is 24.3 Å². The Kier molecular flexibility index (Phi) is 7.06. The molecule has 3 N–H and O–H groups in total. The summed E-state index contributed by atoms with van der Waals surface area (Å²) >= 11 is 0. The van der Waals surface area contributed by atoms with Crippen molar-refractivity contribution in [2.24, 2.45) is 0 Å². The van der Waals surface area contributed by atoms with E-state index in [1.165, 1.54) is 0 Å². The molecule has 4 heterocycles. The van der Waals surface area contributed by atoms with E-state index in [9.17, 15) is 4.79 Å². The van der Waals surface area contributed by atoms with Crippen LogP contribution in [0.3, 0.4) is 0 Å². The number of hydrogen-bond acceptors (Lipinski definition) is 8. The molecule has 12 heteroatoms. The molecule has 3 aromatic rings. The number of methoxy groups -OCH3 is 1. The summed E-state index contributed by atoms with van der Waals surface area (Å²) in [5.74, 6) is 0.665. The minimum Gasteiger partial charge on any atom is -0.443 e. The van der Waals surface area contributed by atoms with Crippen LogP contribution in [0.5, 0.6) is 0 Å². The summed E-state index contributed by atoms with van der Waals surface area (Å²) < 4.78 is 27.6. The topological polar surface area (TPSA) is 122 Å². The van der Waals surface area contributed by atoms with Gasteiger partial charge in [0.05, 0.1) is 12.3 Å². The molecule has 4 atom stereocenters. The zero-order valence-electron chi connectivity index (χ0n) is 20.8. The van der Waals surface area contributed by atoms with Gasteiger partial charge < -0.3 is 20.1 Å². The van der Waals surface area contributed by atoms with E-state index in [4.69, 9.17) is 14.5 Å². The fourth-order valence-corrected chi connectivity index (χ4v) is 4.91. The summed E-state index contributed by atoms with van der Waals surface area (Å²) in [7, 11) is 1.73. The highest BCUT2D eigenvalue weighted by atomic mass is 19.1. The number of halogens is 1. The van der Waals surface area contributed by atoms with E-state index in [-0.39, 0.29) is 6.04 Å². The molecule has 1 saturated heterocycles. The quantitative estimate of drug-likeness (QED) is 0.410. The van der Waals surface area contributed by atoms with Crippen molar-refractivity contribution in [3.8, 4) is 0 Å². The van der Waals surface area contributed by atoms with Gasteiger partial charge in [0.25, 0.3) is 0 Å². The minimum atomic E-state index is -1.31. The molecule has 2 fully saturated rings. The van der Waals surface area contributed by atoms with Gasteiger partial charge in [-0.15, -0.1) is 0 Å². The van der Waals surface area contributed by atoms with Crippen molar-refractivity contribution in [2.75, 3.05) is 25.6 Å². The number of H-pyrrole nitrogens is 1. The summed E-state index contributed by atoms with van der Waals surface area (Å²) in [6.07, 6.45) is 3.14. The summed E-state index contributed by atoms with van der Waals surface area (Å²) in [4.78, 5) is 23.4. The standard InChI is InChI=1S/C24H33FN8O3/c1-14(2)27-24(34)36-19-5-4-17(22(19)25)18-10-20(31-30-18)29-23-26-8-6-21-28-15(12-33(21)23)11-32-9-7-16(32)13-35-3/h6,8,10,12,14,16-17,19,22H,4-5,7,9,11,13H2,1-3H3,(H,27,34)(H2,26,29,30,31)/t16?,17-,19-,22+/m1/s1. The number of hydrogen-bond donors (Lipinski definition) is 3. The minimum absolute atomic E-state index is 0.0677. The molecule has 3 aromatic heterocycles. The summed E-state index contributed by atoms with van der Waals surface area (Å²) in [6, 6.07) is 4.00. The van der Waals surface area contributed by atoms with E-state index in [1.807, 2.05) is 30.5 Å². The zero-order valence-corrected chi connectivity index (χ0v) is 20.8. The molecular formula is C24H33FN8O3. The Balaban J connectivity index is 1.24. The first kappa shape index (κ1) is 24.4. The molecule has 11 nitrogen and oxygen atoms in total. The maximum atomic E-state index is 15.1. The Morgan fingerprint density at radius 2 is 2.19 bits per heavy atom. The number of amides is 1. The van der Waals surface area contributed by atoms with Gasteiger partial charge in [-0.1, -0.05) is 0 Å². The maximum Gasteiger partial charge on any atom is 0.407 e. The molecule has 5 rings (SSSR count). The molecule has 194 valence electrons. The first-order valence-electron chi connectivity index (χ1n) is 12.4. The van der Waals surface area contributed by atoms with Crippen LogP contribution in [0.4, 0.5) is 21.0 Å². The number of nitrogens with zero attached hydrogens (tertiary/aromatic N) is 5. The predicted octanol–water partition coefficient (Wildman–Crippen LogP) is 3.14. The zero-order chi connectivity index (χ0) is 25.2. The van der Waals surface area contributed by atoms with Gasteiger partial charge in [0.2, 0.25) is 5.95 Å². The Morgan fingerprint density at radius 1 is 1.33 bits per heavy atom. The van der Waals surface area contributed by atoms with Crippen molar-refractivity contribution < 1.29 is 18.7 Å².